The molecule has 1 fully saturated rings. The second-order valence-corrected chi connectivity index (χ2v) is 5.86. The number of carbonyl (C=O) groups is 2. The monoisotopic (exact) mass is 273 g/mol. The van der Waals surface area contributed by atoms with Gasteiger partial charge in [0.15, 0.2) is 0 Å². The van der Waals surface area contributed by atoms with Crippen LogP contribution in [-0.4, -0.2) is 23.5 Å². The fourth-order valence-corrected chi connectivity index (χ4v) is 3.59. The largest absolute Gasteiger partial charge is 0.481 e. The van der Waals surface area contributed by atoms with E-state index in [1.54, 1.807) is 0 Å². The third kappa shape index (κ3) is 2.19. The second-order valence-electron chi connectivity index (χ2n) is 5.86. The van der Waals surface area contributed by atoms with E-state index in [-0.39, 0.29) is 30.2 Å². The highest BCUT2D eigenvalue weighted by Crippen LogP contribution is 2.60. The molecular formula is C16H19NO3. The molecule has 1 spiro atoms. The summed E-state index contributed by atoms with van der Waals surface area (Å²) < 4.78 is 0. The van der Waals surface area contributed by atoms with Gasteiger partial charge < -0.3 is 10.4 Å². The Morgan fingerprint density at radius 1 is 1.35 bits per heavy atom. The molecule has 0 bridgehead atoms. The SMILES string of the molecule is O=C(O)CCNC(=O)[C@H]1C[C@]12CCCc1ccccc12. The van der Waals surface area contributed by atoms with Gasteiger partial charge in [0.1, 0.15) is 0 Å². The van der Waals surface area contributed by atoms with E-state index < -0.39 is 5.97 Å². The first-order chi connectivity index (χ1) is 9.63. The van der Waals surface area contributed by atoms with Crippen LogP contribution in [0.1, 0.15) is 36.8 Å². The molecular weight excluding hydrogens is 254 g/mol. The van der Waals surface area contributed by atoms with Gasteiger partial charge in [-0.3, -0.25) is 9.59 Å². The molecule has 1 amide bonds. The number of carboxylic acid groups (broad SMARTS) is 1. The Kier molecular flexibility index (Phi) is 3.24. The predicted octanol–water partition coefficient (Wildman–Crippen LogP) is 1.87. The summed E-state index contributed by atoms with van der Waals surface area (Å²) in [7, 11) is 0. The summed E-state index contributed by atoms with van der Waals surface area (Å²) in [5, 5.41) is 11.4. The molecule has 0 aromatic heterocycles. The van der Waals surface area contributed by atoms with Crippen LogP contribution in [-0.2, 0) is 21.4 Å². The molecule has 0 saturated heterocycles. The van der Waals surface area contributed by atoms with Crippen molar-refractivity contribution in [2.24, 2.45) is 5.92 Å². The van der Waals surface area contributed by atoms with Gasteiger partial charge in [0.2, 0.25) is 5.91 Å². The zero-order valence-electron chi connectivity index (χ0n) is 11.4. The van der Waals surface area contributed by atoms with Crippen LogP contribution in [0.4, 0.5) is 0 Å². The molecule has 3 rings (SSSR count). The van der Waals surface area contributed by atoms with Crippen LogP contribution >= 0.6 is 0 Å². The lowest BCUT2D eigenvalue weighted by atomic mass is 9.78. The summed E-state index contributed by atoms with van der Waals surface area (Å²) in [6.07, 6.45) is 4.20. The quantitative estimate of drug-likeness (QED) is 0.880. The van der Waals surface area contributed by atoms with Gasteiger partial charge in [0.05, 0.1) is 6.42 Å². The van der Waals surface area contributed by atoms with Gasteiger partial charge in [-0.15, -0.1) is 0 Å². The molecule has 1 aromatic rings. The molecule has 0 radical (unpaired) electrons. The van der Waals surface area contributed by atoms with Crippen LogP contribution in [0.15, 0.2) is 24.3 Å². The lowest BCUT2D eigenvalue weighted by molar-refractivity contribution is -0.136. The summed E-state index contributed by atoms with van der Waals surface area (Å²) in [5.41, 5.74) is 2.74. The van der Waals surface area contributed by atoms with E-state index in [1.807, 2.05) is 6.07 Å². The molecule has 106 valence electrons. The van der Waals surface area contributed by atoms with Crippen LogP contribution in [0.25, 0.3) is 0 Å². The number of carboxylic acids is 1. The first-order valence-electron chi connectivity index (χ1n) is 7.21. The van der Waals surface area contributed by atoms with Crippen molar-refractivity contribution in [1.82, 2.24) is 5.32 Å². The Hall–Kier alpha value is -1.84. The maximum absolute atomic E-state index is 12.2. The number of hydrogen-bond acceptors (Lipinski definition) is 2. The average Bonchev–Trinajstić information content (AvgIpc) is 3.14. The Labute approximate surface area is 118 Å². The zero-order valence-corrected chi connectivity index (χ0v) is 11.4. The predicted molar refractivity (Wildman–Crippen MR) is 74.4 cm³/mol. The Balaban J connectivity index is 1.69. The third-order valence-electron chi connectivity index (χ3n) is 4.65. The van der Waals surface area contributed by atoms with E-state index in [0.717, 1.165) is 25.7 Å². The van der Waals surface area contributed by atoms with Crippen molar-refractivity contribution in [3.05, 3.63) is 35.4 Å². The number of benzene rings is 1. The molecule has 4 nitrogen and oxygen atoms in total. The summed E-state index contributed by atoms with van der Waals surface area (Å²) >= 11 is 0. The van der Waals surface area contributed by atoms with Crippen molar-refractivity contribution in [3.63, 3.8) is 0 Å². The van der Waals surface area contributed by atoms with Gasteiger partial charge in [-0.25, -0.2) is 0 Å². The molecule has 0 heterocycles. The molecule has 0 aliphatic heterocycles. The maximum atomic E-state index is 12.2. The molecule has 2 aliphatic rings. The molecule has 0 unspecified atom stereocenters. The molecule has 4 heteroatoms. The van der Waals surface area contributed by atoms with Crippen LogP contribution in [0, 0.1) is 5.92 Å². The number of rotatable bonds is 4. The van der Waals surface area contributed by atoms with E-state index in [9.17, 15) is 9.59 Å². The van der Waals surface area contributed by atoms with E-state index in [0.29, 0.717) is 0 Å². The zero-order chi connectivity index (χ0) is 14.2. The van der Waals surface area contributed by atoms with Gasteiger partial charge in [0.25, 0.3) is 0 Å². The maximum Gasteiger partial charge on any atom is 0.305 e. The molecule has 1 saturated carbocycles. The lowest BCUT2D eigenvalue weighted by Gasteiger charge is -2.26. The summed E-state index contributed by atoms with van der Waals surface area (Å²) in [5.74, 6) is -0.834. The number of fused-ring (bicyclic) bond motifs is 2. The minimum atomic E-state index is -0.876. The topological polar surface area (TPSA) is 66.4 Å². The van der Waals surface area contributed by atoms with Crippen LogP contribution < -0.4 is 5.32 Å². The summed E-state index contributed by atoms with van der Waals surface area (Å²) in [6, 6.07) is 8.42. The van der Waals surface area contributed by atoms with Gasteiger partial charge in [-0.05, 0) is 36.8 Å². The van der Waals surface area contributed by atoms with E-state index in [4.69, 9.17) is 5.11 Å². The highest BCUT2D eigenvalue weighted by atomic mass is 16.4. The molecule has 2 atom stereocenters. The van der Waals surface area contributed by atoms with Crippen LogP contribution in [0.3, 0.4) is 0 Å². The number of aryl methyl sites for hydroxylation is 1. The number of hydrogen-bond donors (Lipinski definition) is 2. The standard InChI is InChI=1S/C16H19NO3/c18-14(19)7-9-17-15(20)13-10-16(13)8-3-5-11-4-1-2-6-12(11)16/h1-2,4,6,13H,3,5,7-10H2,(H,17,20)(H,18,19)/t13-,16+/m1/s1. The number of nitrogens with one attached hydrogen (secondary N) is 1. The summed E-state index contributed by atoms with van der Waals surface area (Å²) in [4.78, 5) is 22.6. The molecule has 1 aromatic carbocycles. The van der Waals surface area contributed by atoms with E-state index in [1.165, 1.54) is 11.1 Å². The number of carbonyl (C=O) groups excluding carboxylic acids is 1. The number of amides is 1. The molecule has 2 N–H and O–H groups in total. The Morgan fingerprint density at radius 3 is 2.95 bits per heavy atom. The lowest BCUT2D eigenvalue weighted by Crippen LogP contribution is -2.31. The smallest absolute Gasteiger partial charge is 0.305 e. The first-order valence-corrected chi connectivity index (χ1v) is 7.21. The normalized spacial score (nSPS) is 26.9. The minimum absolute atomic E-state index is 0.0119. The Bertz CT molecular complexity index is 554. The van der Waals surface area contributed by atoms with Gasteiger partial charge in [-0.1, -0.05) is 24.3 Å². The third-order valence-corrected chi connectivity index (χ3v) is 4.65. The van der Waals surface area contributed by atoms with E-state index in [2.05, 4.69) is 23.5 Å². The highest BCUT2D eigenvalue weighted by Gasteiger charge is 2.59. The fourth-order valence-electron chi connectivity index (χ4n) is 3.59. The summed E-state index contributed by atoms with van der Waals surface area (Å²) in [6.45, 7) is 0.225. The highest BCUT2D eigenvalue weighted by molar-refractivity contribution is 5.85. The van der Waals surface area contributed by atoms with E-state index >= 15 is 0 Å². The fraction of sp³-hybridized carbons (Fsp3) is 0.500. The number of aliphatic carboxylic acids is 1. The van der Waals surface area contributed by atoms with Crippen LogP contribution in [0.5, 0.6) is 0 Å². The molecule has 2 aliphatic carbocycles. The minimum Gasteiger partial charge on any atom is -0.481 e. The van der Waals surface area contributed by atoms with Crippen molar-refractivity contribution in [1.29, 1.82) is 0 Å². The van der Waals surface area contributed by atoms with Crippen molar-refractivity contribution in [2.45, 2.75) is 37.5 Å². The van der Waals surface area contributed by atoms with Gasteiger partial charge >= 0.3 is 5.97 Å². The van der Waals surface area contributed by atoms with Crippen LogP contribution in [0.2, 0.25) is 0 Å². The van der Waals surface area contributed by atoms with Crippen molar-refractivity contribution >= 4 is 11.9 Å². The van der Waals surface area contributed by atoms with Gasteiger partial charge in [0, 0.05) is 17.9 Å². The molecule has 20 heavy (non-hydrogen) atoms. The van der Waals surface area contributed by atoms with Gasteiger partial charge in [-0.2, -0.15) is 0 Å². The average molecular weight is 273 g/mol. The van der Waals surface area contributed by atoms with Crippen molar-refractivity contribution in [3.8, 4) is 0 Å². The Morgan fingerprint density at radius 2 is 2.15 bits per heavy atom. The van der Waals surface area contributed by atoms with Crippen molar-refractivity contribution < 1.29 is 14.7 Å². The first kappa shape index (κ1) is 13.2. The van der Waals surface area contributed by atoms with Crippen molar-refractivity contribution in [2.75, 3.05) is 6.54 Å². The second kappa shape index (κ2) is 4.93.